The molecule has 1 heterocycles. The molecule has 2 heteroatoms. The number of likely N-dealkylation sites (tertiary alicyclic amines) is 1. The van der Waals surface area contributed by atoms with Crippen LogP contribution in [-0.4, -0.2) is 36.6 Å². The lowest BCUT2D eigenvalue weighted by Crippen LogP contribution is -2.37. The average molecular weight is 283 g/mol. The lowest BCUT2D eigenvalue weighted by Gasteiger charge is -2.18. The van der Waals surface area contributed by atoms with Crippen molar-refractivity contribution in [3.05, 3.63) is 0 Å². The van der Waals surface area contributed by atoms with Crippen LogP contribution >= 0.6 is 0 Å². The summed E-state index contributed by atoms with van der Waals surface area (Å²) in [4.78, 5) is 2.65. The van der Waals surface area contributed by atoms with Gasteiger partial charge in [0, 0.05) is 18.6 Å². The molecule has 1 atom stereocenters. The third-order valence-electron chi connectivity index (χ3n) is 4.35. The molecule has 1 fully saturated rings. The van der Waals surface area contributed by atoms with E-state index in [2.05, 4.69) is 37.9 Å². The van der Waals surface area contributed by atoms with Gasteiger partial charge in [0.2, 0.25) is 0 Å². The number of unbranched alkanes of at least 4 members (excludes halogenated alkanes) is 5. The van der Waals surface area contributed by atoms with Crippen LogP contribution in [0.2, 0.25) is 0 Å². The minimum Gasteiger partial charge on any atom is -0.310 e. The van der Waals surface area contributed by atoms with Gasteiger partial charge in [0.1, 0.15) is 0 Å². The highest BCUT2D eigenvalue weighted by Crippen LogP contribution is 2.14. The molecule has 0 unspecified atom stereocenters. The second kappa shape index (κ2) is 10.6. The van der Waals surface area contributed by atoms with E-state index in [-0.39, 0.29) is 0 Å². The first-order valence-corrected chi connectivity index (χ1v) is 9.06. The van der Waals surface area contributed by atoms with Crippen LogP contribution in [0.15, 0.2) is 0 Å². The van der Waals surface area contributed by atoms with Gasteiger partial charge in [-0.3, -0.25) is 0 Å². The Morgan fingerprint density at radius 1 is 0.950 bits per heavy atom. The Labute approximate surface area is 127 Å². The summed E-state index contributed by atoms with van der Waals surface area (Å²) in [5.74, 6) is 0.887. The van der Waals surface area contributed by atoms with Crippen LogP contribution in [0.3, 0.4) is 0 Å². The van der Waals surface area contributed by atoms with Gasteiger partial charge in [-0.2, -0.15) is 0 Å². The van der Waals surface area contributed by atoms with Gasteiger partial charge in [-0.25, -0.2) is 0 Å². The maximum atomic E-state index is 3.66. The van der Waals surface area contributed by atoms with E-state index in [1.165, 1.54) is 71.0 Å². The largest absolute Gasteiger partial charge is 0.310 e. The molecule has 0 radical (unpaired) electrons. The van der Waals surface area contributed by atoms with Gasteiger partial charge in [0.05, 0.1) is 0 Å². The fourth-order valence-electron chi connectivity index (χ4n) is 3.24. The van der Waals surface area contributed by atoms with Crippen LogP contribution in [0.5, 0.6) is 0 Å². The molecule has 0 aromatic heterocycles. The smallest absolute Gasteiger partial charge is 0.0209 e. The van der Waals surface area contributed by atoms with Crippen molar-refractivity contribution in [2.75, 3.05) is 19.6 Å². The third-order valence-corrected chi connectivity index (χ3v) is 4.35. The van der Waals surface area contributed by atoms with E-state index in [1.54, 1.807) is 0 Å². The van der Waals surface area contributed by atoms with Crippen molar-refractivity contribution in [2.45, 2.75) is 91.1 Å². The van der Waals surface area contributed by atoms with E-state index in [9.17, 15) is 0 Å². The second-order valence-corrected chi connectivity index (χ2v) is 7.41. The highest BCUT2D eigenvalue weighted by molar-refractivity contribution is 4.81. The maximum absolute atomic E-state index is 3.66. The Balaban J connectivity index is 1.87. The molecule has 0 aromatic carbocycles. The van der Waals surface area contributed by atoms with Crippen molar-refractivity contribution in [3.63, 3.8) is 0 Å². The van der Waals surface area contributed by atoms with Crippen molar-refractivity contribution < 1.29 is 0 Å². The van der Waals surface area contributed by atoms with E-state index >= 15 is 0 Å². The van der Waals surface area contributed by atoms with Crippen molar-refractivity contribution in [2.24, 2.45) is 5.92 Å². The fourth-order valence-corrected chi connectivity index (χ4v) is 3.24. The minimum absolute atomic E-state index is 0.630. The highest BCUT2D eigenvalue weighted by Gasteiger charge is 2.21. The molecule has 1 rings (SSSR count). The van der Waals surface area contributed by atoms with Crippen LogP contribution in [0, 0.1) is 5.92 Å². The molecular formula is C18H38N2. The first-order chi connectivity index (χ1) is 9.58. The molecule has 0 spiro atoms. The Bertz CT molecular complexity index is 225. The first kappa shape index (κ1) is 18.0. The number of hydrogen-bond acceptors (Lipinski definition) is 2. The Kier molecular flexibility index (Phi) is 9.54. The zero-order valence-electron chi connectivity index (χ0n) is 14.5. The standard InChI is InChI=1S/C18H38N2/c1-16(2)11-9-7-5-6-8-10-13-20-14-12-18(15-20)19-17(3)4/h16-19H,5-15H2,1-4H3/t18-/m1/s1. The molecule has 0 saturated carbocycles. The normalized spacial score (nSPS) is 20.4. The number of nitrogens with one attached hydrogen (secondary N) is 1. The van der Waals surface area contributed by atoms with Crippen LogP contribution in [0.25, 0.3) is 0 Å². The summed E-state index contributed by atoms with van der Waals surface area (Å²) in [7, 11) is 0. The van der Waals surface area contributed by atoms with E-state index in [0.29, 0.717) is 6.04 Å². The molecular weight excluding hydrogens is 244 g/mol. The van der Waals surface area contributed by atoms with Gasteiger partial charge in [-0.05, 0) is 31.8 Å². The van der Waals surface area contributed by atoms with Gasteiger partial charge in [-0.15, -0.1) is 0 Å². The maximum Gasteiger partial charge on any atom is 0.0209 e. The number of nitrogens with zero attached hydrogens (tertiary/aromatic N) is 1. The second-order valence-electron chi connectivity index (χ2n) is 7.41. The Morgan fingerprint density at radius 2 is 1.60 bits per heavy atom. The van der Waals surface area contributed by atoms with E-state index < -0.39 is 0 Å². The molecule has 1 N–H and O–H groups in total. The van der Waals surface area contributed by atoms with E-state index in [0.717, 1.165) is 12.0 Å². The summed E-state index contributed by atoms with van der Waals surface area (Å²) in [5.41, 5.74) is 0. The van der Waals surface area contributed by atoms with Gasteiger partial charge in [-0.1, -0.05) is 66.2 Å². The van der Waals surface area contributed by atoms with Gasteiger partial charge in [0.25, 0.3) is 0 Å². The lowest BCUT2D eigenvalue weighted by atomic mass is 10.0. The zero-order chi connectivity index (χ0) is 14.8. The number of hydrogen-bond donors (Lipinski definition) is 1. The first-order valence-electron chi connectivity index (χ1n) is 9.06. The zero-order valence-corrected chi connectivity index (χ0v) is 14.5. The van der Waals surface area contributed by atoms with Gasteiger partial charge >= 0.3 is 0 Å². The van der Waals surface area contributed by atoms with Crippen molar-refractivity contribution in [3.8, 4) is 0 Å². The SMILES string of the molecule is CC(C)CCCCCCCCN1CC[C@@H](NC(C)C)C1. The molecule has 0 aromatic rings. The lowest BCUT2D eigenvalue weighted by molar-refractivity contribution is 0.314. The average Bonchev–Trinajstić information content (AvgIpc) is 2.79. The molecule has 1 aliphatic heterocycles. The summed E-state index contributed by atoms with van der Waals surface area (Å²) in [6.45, 7) is 13.1. The van der Waals surface area contributed by atoms with Crippen molar-refractivity contribution >= 4 is 0 Å². The minimum atomic E-state index is 0.630. The molecule has 120 valence electrons. The van der Waals surface area contributed by atoms with E-state index in [1.807, 2.05) is 0 Å². The molecule has 0 bridgehead atoms. The van der Waals surface area contributed by atoms with Gasteiger partial charge in [0.15, 0.2) is 0 Å². The number of rotatable bonds is 11. The fraction of sp³-hybridized carbons (Fsp3) is 1.00. The summed E-state index contributed by atoms with van der Waals surface area (Å²) in [6.07, 6.45) is 11.4. The predicted octanol–water partition coefficient (Wildman–Crippen LogP) is 4.45. The van der Waals surface area contributed by atoms with E-state index in [4.69, 9.17) is 0 Å². The Hall–Kier alpha value is -0.0800. The summed E-state index contributed by atoms with van der Waals surface area (Å²) in [6, 6.07) is 1.37. The third kappa shape index (κ3) is 8.97. The monoisotopic (exact) mass is 282 g/mol. The Morgan fingerprint density at radius 3 is 2.25 bits per heavy atom. The van der Waals surface area contributed by atoms with Crippen LogP contribution in [0.4, 0.5) is 0 Å². The molecule has 2 nitrogen and oxygen atoms in total. The van der Waals surface area contributed by atoms with Crippen molar-refractivity contribution in [1.29, 1.82) is 0 Å². The molecule has 0 amide bonds. The van der Waals surface area contributed by atoms with Crippen molar-refractivity contribution in [1.82, 2.24) is 10.2 Å². The summed E-state index contributed by atoms with van der Waals surface area (Å²) < 4.78 is 0. The van der Waals surface area contributed by atoms with Gasteiger partial charge < -0.3 is 10.2 Å². The summed E-state index contributed by atoms with van der Waals surface area (Å²) in [5, 5.41) is 3.66. The highest BCUT2D eigenvalue weighted by atomic mass is 15.2. The topological polar surface area (TPSA) is 15.3 Å². The van der Waals surface area contributed by atoms with Crippen LogP contribution in [-0.2, 0) is 0 Å². The quantitative estimate of drug-likeness (QED) is 0.563. The molecule has 20 heavy (non-hydrogen) atoms. The molecule has 1 saturated heterocycles. The predicted molar refractivity (Wildman–Crippen MR) is 90.3 cm³/mol. The molecule has 0 aliphatic carbocycles. The van der Waals surface area contributed by atoms with Crippen LogP contribution < -0.4 is 5.32 Å². The molecule has 1 aliphatic rings. The van der Waals surface area contributed by atoms with Crippen LogP contribution in [0.1, 0.15) is 79.1 Å². The summed E-state index contributed by atoms with van der Waals surface area (Å²) >= 11 is 0.